The summed E-state index contributed by atoms with van der Waals surface area (Å²) in [4.78, 5) is 1.20. The van der Waals surface area contributed by atoms with Crippen LogP contribution in [0.3, 0.4) is 0 Å². The van der Waals surface area contributed by atoms with Crippen LogP contribution in [0.5, 0.6) is 11.5 Å². The number of nitrogens with one attached hydrogen (secondary N) is 1. The first-order valence-electron chi connectivity index (χ1n) is 5.67. The molecule has 0 fully saturated rings. The third-order valence-corrected chi connectivity index (χ3v) is 4.17. The molecule has 0 bridgehead atoms. The van der Waals surface area contributed by atoms with Crippen LogP contribution in [0, 0.1) is 0 Å². The molecule has 1 heterocycles. The van der Waals surface area contributed by atoms with Crippen molar-refractivity contribution in [1.29, 1.82) is 0 Å². The van der Waals surface area contributed by atoms with Gasteiger partial charge < -0.3 is 15.2 Å². The van der Waals surface area contributed by atoms with Gasteiger partial charge in [0.15, 0.2) is 11.5 Å². The summed E-state index contributed by atoms with van der Waals surface area (Å²) in [6.45, 7) is 0. The number of anilines is 1. The number of benzene rings is 2. The summed E-state index contributed by atoms with van der Waals surface area (Å²) < 4.78 is 5.14. The Labute approximate surface area is 110 Å². The lowest BCUT2D eigenvalue weighted by Crippen LogP contribution is -2.02. The number of ether oxygens (including phenoxy) is 1. The van der Waals surface area contributed by atoms with E-state index in [4.69, 9.17) is 4.74 Å². The fourth-order valence-electron chi connectivity index (χ4n) is 2.04. The largest absolute Gasteiger partial charge is 0.504 e. The van der Waals surface area contributed by atoms with E-state index in [0.717, 1.165) is 11.3 Å². The van der Waals surface area contributed by atoms with Crippen LogP contribution in [-0.4, -0.2) is 12.2 Å². The number of hydrogen-bond acceptors (Lipinski definition) is 4. The smallest absolute Gasteiger partial charge is 0.163 e. The molecule has 0 amide bonds. The van der Waals surface area contributed by atoms with Gasteiger partial charge in [-0.1, -0.05) is 36.0 Å². The second kappa shape index (κ2) is 4.46. The summed E-state index contributed by atoms with van der Waals surface area (Å²) in [6.07, 6.45) is 0. The first-order valence-corrected chi connectivity index (χ1v) is 6.55. The molecule has 0 unspecified atom stereocenters. The highest BCUT2D eigenvalue weighted by molar-refractivity contribution is 8.00. The molecule has 1 atom stereocenters. The minimum atomic E-state index is 0.0255. The molecule has 1 aliphatic rings. The van der Waals surface area contributed by atoms with Crippen molar-refractivity contribution in [3.63, 3.8) is 0 Å². The first kappa shape index (κ1) is 11.3. The number of hydrogen-bond donors (Lipinski definition) is 2. The number of rotatable bonds is 2. The predicted molar refractivity (Wildman–Crippen MR) is 73.3 cm³/mol. The zero-order valence-electron chi connectivity index (χ0n) is 9.88. The van der Waals surface area contributed by atoms with Crippen molar-refractivity contribution in [2.24, 2.45) is 0 Å². The maximum absolute atomic E-state index is 10.1. The standard InChI is InChI=1S/C14H13NO2S/c1-17-11-7-4-5-9(13(11)16)14-15-10-6-2-3-8-12(10)18-14/h2-8,14-16H,1H3/t14-/m1/s1. The van der Waals surface area contributed by atoms with Gasteiger partial charge in [0, 0.05) is 16.1 Å². The van der Waals surface area contributed by atoms with Crippen molar-refractivity contribution < 1.29 is 9.84 Å². The highest BCUT2D eigenvalue weighted by Crippen LogP contribution is 2.49. The zero-order valence-corrected chi connectivity index (χ0v) is 10.7. The van der Waals surface area contributed by atoms with E-state index in [-0.39, 0.29) is 11.1 Å². The SMILES string of the molecule is COc1cccc([C@@H]2Nc3ccccc3S2)c1O. The van der Waals surface area contributed by atoms with E-state index in [9.17, 15) is 5.11 Å². The fraction of sp³-hybridized carbons (Fsp3) is 0.143. The van der Waals surface area contributed by atoms with Gasteiger partial charge >= 0.3 is 0 Å². The molecular formula is C14H13NO2S. The Kier molecular flexibility index (Phi) is 2.80. The maximum atomic E-state index is 10.1. The van der Waals surface area contributed by atoms with Crippen molar-refractivity contribution in [2.45, 2.75) is 10.3 Å². The van der Waals surface area contributed by atoms with Crippen molar-refractivity contribution in [1.82, 2.24) is 0 Å². The van der Waals surface area contributed by atoms with Crippen molar-refractivity contribution in [3.8, 4) is 11.5 Å². The number of thioether (sulfide) groups is 1. The van der Waals surface area contributed by atoms with Gasteiger partial charge in [-0.05, 0) is 18.2 Å². The molecule has 1 aliphatic heterocycles. The summed E-state index contributed by atoms with van der Waals surface area (Å²) in [5.41, 5.74) is 1.95. The summed E-state index contributed by atoms with van der Waals surface area (Å²) in [5, 5.41) is 13.6. The van der Waals surface area contributed by atoms with Crippen LogP contribution in [-0.2, 0) is 0 Å². The molecule has 2 N–H and O–H groups in total. The van der Waals surface area contributed by atoms with Crippen LogP contribution in [0.2, 0.25) is 0 Å². The van der Waals surface area contributed by atoms with Crippen LogP contribution in [0.25, 0.3) is 0 Å². The van der Waals surface area contributed by atoms with Gasteiger partial charge in [0.2, 0.25) is 0 Å². The molecule has 0 saturated heterocycles. The average molecular weight is 259 g/mol. The van der Waals surface area contributed by atoms with Gasteiger partial charge in [0.1, 0.15) is 5.37 Å². The molecule has 4 heteroatoms. The van der Waals surface area contributed by atoms with E-state index < -0.39 is 0 Å². The van der Waals surface area contributed by atoms with E-state index in [1.54, 1.807) is 24.9 Å². The maximum Gasteiger partial charge on any atom is 0.163 e. The second-order valence-electron chi connectivity index (χ2n) is 4.04. The Balaban J connectivity index is 1.95. The van der Waals surface area contributed by atoms with Crippen LogP contribution < -0.4 is 10.1 Å². The van der Waals surface area contributed by atoms with Gasteiger partial charge in [-0.25, -0.2) is 0 Å². The molecule has 0 aromatic heterocycles. The molecule has 0 spiro atoms. The summed E-state index contributed by atoms with van der Waals surface area (Å²) >= 11 is 1.70. The van der Waals surface area contributed by atoms with Crippen molar-refractivity contribution >= 4 is 17.4 Å². The number of aromatic hydroxyl groups is 1. The van der Waals surface area contributed by atoms with Gasteiger partial charge in [-0.3, -0.25) is 0 Å². The Morgan fingerprint density at radius 3 is 2.78 bits per heavy atom. The molecule has 2 aromatic carbocycles. The van der Waals surface area contributed by atoms with Gasteiger partial charge in [0.25, 0.3) is 0 Å². The summed E-state index contributed by atoms with van der Waals surface area (Å²) in [6, 6.07) is 13.7. The summed E-state index contributed by atoms with van der Waals surface area (Å²) in [7, 11) is 1.56. The lowest BCUT2D eigenvalue weighted by molar-refractivity contribution is 0.371. The molecule has 3 nitrogen and oxygen atoms in total. The van der Waals surface area contributed by atoms with E-state index in [2.05, 4.69) is 11.4 Å². The monoisotopic (exact) mass is 259 g/mol. The highest BCUT2D eigenvalue weighted by Gasteiger charge is 2.25. The zero-order chi connectivity index (χ0) is 12.5. The number of para-hydroxylation sites is 2. The molecule has 0 saturated carbocycles. The van der Waals surface area contributed by atoms with Gasteiger partial charge in [-0.15, -0.1) is 0 Å². The quantitative estimate of drug-likeness (QED) is 0.864. The Bertz CT molecular complexity index is 561. The lowest BCUT2D eigenvalue weighted by Gasteiger charge is -2.14. The normalized spacial score (nSPS) is 17.1. The van der Waals surface area contributed by atoms with Crippen LogP contribution >= 0.6 is 11.8 Å². The number of phenols is 1. The minimum Gasteiger partial charge on any atom is -0.504 e. The van der Waals surface area contributed by atoms with E-state index in [1.807, 2.05) is 30.3 Å². The molecule has 18 heavy (non-hydrogen) atoms. The number of phenolic OH excluding ortho intramolecular Hbond substituents is 1. The third-order valence-electron chi connectivity index (χ3n) is 2.95. The van der Waals surface area contributed by atoms with E-state index in [1.165, 1.54) is 4.90 Å². The molecule has 2 aromatic rings. The second-order valence-corrected chi connectivity index (χ2v) is 5.18. The third kappa shape index (κ3) is 1.78. The van der Waals surface area contributed by atoms with Crippen LogP contribution in [0.15, 0.2) is 47.4 Å². The molecular weight excluding hydrogens is 246 g/mol. The topological polar surface area (TPSA) is 41.5 Å². The molecule has 3 rings (SSSR count). The first-order chi connectivity index (χ1) is 8.79. The van der Waals surface area contributed by atoms with Gasteiger partial charge in [-0.2, -0.15) is 0 Å². The predicted octanol–water partition coefficient (Wildman–Crippen LogP) is 3.62. The van der Waals surface area contributed by atoms with Crippen LogP contribution in [0.4, 0.5) is 5.69 Å². The Morgan fingerprint density at radius 1 is 1.17 bits per heavy atom. The molecule has 0 radical (unpaired) electrons. The molecule has 0 aliphatic carbocycles. The minimum absolute atomic E-state index is 0.0255. The van der Waals surface area contributed by atoms with Gasteiger partial charge in [0.05, 0.1) is 7.11 Å². The number of fused-ring (bicyclic) bond motifs is 1. The van der Waals surface area contributed by atoms with E-state index in [0.29, 0.717) is 5.75 Å². The van der Waals surface area contributed by atoms with E-state index >= 15 is 0 Å². The van der Waals surface area contributed by atoms with Crippen LogP contribution in [0.1, 0.15) is 10.9 Å². The Morgan fingerprint density at radius 2 is 2.00 bits per heavy atom. The van der Waals surface area contributed by atoms with Crippen molar-refractivity contribution in [3.05, 3.63) is 48.0 Å². The molecule has 92 valence electrons. The Hall–Kier alpha value is -1.81. The lowest BCUT2D eigenvalue weighted by atomic mass is 10.1. The highest BCUT2D eigenvalue weighted by atomic mass is 32.2. The van der Waals surface area contributed by atoms with Crippen molar-refractivity contribution in [2.75, 3.05) is 12.4 Å². The summed E-state index contributed by atoms with van der Waals surface area (Å²) in [5.74, 6) is 0.712. The average Bonchev–Trinajstić information content (AvgIpc) is 2.82. The fourth-order valence-corrected chi connectivity index (χ4v) is 3.21. The number of methoxy groups -OCH3 is 1.